The second-order valence-corrected chi connectivity index (χ2v) is 7.73. The number of hydrogen-bond donors (Lipinski definition) is 3. The second kappa shape index (κ2) is 11.4. The van der Waals surface area contributed by atoms with Gasteiger partial charge in [0.1, 0.15) is 17.7 Å². The molecule has 0 aliphatic carbocycles. The quantitative estimate of drug-likeness (QED) is 0.315. The minimum atomic E-state index is -0.535. The Hall–Kier alpha value is -3.98. The number of anilines is 2. The van der Waals surface area contributed by atoms with E-state index in [0.29, 0.717) is 29.3 Å². The van der Waals surface area contributed by atoms with Gasteiger partial charge in [0.15, 0.2) is 5.82 Å². The number of ether oxygens (including phenoxy) is 1. The van der Waals surface area contributed by atoms with Crippen molar-refractivity contribution in [2.24, 2.45) is 0 Å². The Balaban J connectivity index is 0.000000638. The van der Waals surface area contributed by atoms with Crippen molar-refractivity contribution < 1.29 is 9.13 Å². The molecule has 35 heavy (non-hydrogen) atoms. The van der Waals surface area contributed by atoms with Crippen molar-refractivity contribution in [1.29, 1.82) is 0 Å². The summed E-state index contributed by atoms with van der Waals surface area (Å²) in [5, 5.41) is 2.75. The maximum Gasteiger partial charge on any atom is 0.258 e. The normalized spacial score (nSPS) is 13.6. The van der Waals surface area contributed by atoms with Crippen LogP contribution in [0.25, 0.3) is 22.6 Å². The lowest BCUT2D eigenvalue weighted by Gasteiger charge is -2.21. The summed E-state index contributed by atoms with van der Waals surface area (Å²) in [6, 6.07) is 10.2. The number of nitrogen functional groups attached to an aromatic ring is 2. The zero-order valence-electron chi connectivity index (χ0n) is 20.7. The predicted molar refractivity (Wildman–Crippen MR) is 138 cm³/mol. The van der Waals surface area contributed by atoms with Gasteiger partial charge in [-0.05, 0) is 56.9 Å². The predicted octanol–water partition coefficient (Wildman–Crippen LogP) is 4.67. The third kappa shape index (κ3) is 5.58. The molecule has 5 N–H and O–H groups in total. The molecule has 1 unspecified atom stereocenters. The highest BCUT2D eigenvalue weighted by atomic mass is 19.1. The molecule has 2 aromatic heterocycles. The molecule has 1 atom stereocenters. The summed E-state index contributed by atoms with van der Waals surface area (Å²) in [6.45, 7) is 6.34. The molecule has 4 aromatic rings. The van der Waals surface area contributed by atoms with E-state index in [9.17, 15) is 4.39 Å². The third-order valence-electron chi connectivity index (χ3n) is 5.21. The van der Waals surface area contributed by atoms with Crippen molar-refractivity contribution in [3.05, 3.63) is 71.9 Å². The molecule has 9 heteroatoms. The van der Waals surface area contributed by atoms with Crippen LogP contribution in [-0.4, -0.2) is 33.6 Å². The molecule has 0 saturated heterocycles. The topological polar surface area (TPSA) is 117 Å². The molecule has 1 aliphatic heterocycles. The first-order valence-electron chi connectivity index (χ1n) is 11.5. The fourth-order valence-corrected chi connectivity index (χ4v) is 3.74. The molecule has 3 heterocycles. The maximum atomic E-state index is 14.1. The number of halogens is 1. The van der Waals surface area contributed by atoms with E-state index in [-0.39, 0.29) is 17.5 Å². The lowest BCUT2D eigenvalue weighted by atomic mass is 10.0. The van der Waals surface area contributed by atoms with Crippen molar-refractivity contribution in [3.63, 3.8) is 0 Å². The van der Waals surface area contributed by atoms with Gasteiger partial charge in [-0.2, -0.15) is 0 Å². The van der Waals surface area contributed by atoms with Gasteiger partial charge in [0.25, 0.3) is 5.88 Å². The summed E-state index contributed by atoms with van der Waals surface area (Å²) in [5.41, 5.74) is 16.5. The Kier molecular flexibility index (Phi) is 8.38. The number of hydrogen-bond acceptors (Lipinski definition) is 7. The van der Waals surface area contributed by atoms with Gasteiger partial charge in [-0.1, -0.05) is 19.9 Å². The number of aromatic nitrogens is 4. The molecule has 2 aromatic carbocycles. The summed E-state index contributed by atoms with van der Waals surface area (Å²) in [6.07, 6.45) is 4.68. The van der Waals surface area contributed by atoms with Crippen molar-refractivity contribution in [2.75, 3.05) is 25.6 Å². The summed E-state index contributed by atoms with van der Waals surface area (Å²) in [7, 11) is 3.75. The number of fused-ring (bicyclic) bond motifs is 7. The molecule has 2 bridgehead atoms. The number of imidazole rings is 1. The molecule has 0 fully saturated rings. The standard InChI is InChI=1S/C22H19FN6O.C2H7N.C2H6/c1-12-17-8-14(23)3-5-16(17)21-26-6-7-29(21)11-13-2-4-15(24)9-18(13)19-10-27-20(25)22(28-19)30-12;1-3-2;1-2/h2-10,12H,11,24H2,1H3,(H2,25,27);3H,1-2H3;1-2H3. The van der Waals surface area contributed by atoms with Gasteiger partial charge in [-0.3, -0.25) is 0 Å². The molecule has 8 nitrogen and oxygen atoms in total. The average Bonchev–Trinajstić information content (AvgIpc) is 3.30. The Morgan fingerprint density at radius 2 is 1.80 bits per heavy atom. The zero-order valence-corrected chi connectivity index (χ0v) is 20.7. The number of benzene rings is 2. The van der Waals surface area contributed by atoms with E-state index in [2.05, 4.69) is 20.3 Å². The molecule has 184 valence electrons. The molecule has 5 rings (SSSR count). The lowest BCUT2D eigenvalue weighted by Crippen LogP contribution is -2.12. The Morgan fingerprint density at radius 1 is 1.06 bits per heavy atom. The second-order valence-electron chi connectivity index (χ2n) is 7.73. The lowest BCUT2D eigenvalue weighted by molar-refractivity contribution is 0.218. The average molecular weight is 478 g/mol. The molecule has 0 spiro atoms. The van der Waals surface area contributed by atoms with E-state index >= 15 is 0 Å². The number of nitrogens with one attached hydrogen (secondary N) is 1. The van der Waals surface area contributed by atoms with Crippen LogP contribution in [0.1, 0.15) is 38.0 Å². The molecule has 1 aliphatic rings. The van der Waals surface area contributed by atoms with Crippen LogP contribution in [0.2, 0.25) is 0 Å². The van der Waals surface area contributed by atoms with Gasteiger partial charge in [-0.25, -0.2) is 19.3 Å². The Bertz CT molecular complexity index is 1290. The first-order valence-corrected chi connectivity index (χ1v) is 11.5. The highest BCUT2D eigenvalue weighted by Gasteiger charge is 2.22. The number of nitrogens with two attached hydrogens (primary N) is 2. The molecular weight excluding hydrogens is 445 g/mol. The summed E-state index contributed by atoms with van der Waals surface area (Å²) in [5.74, 6) is 0.703. The van der Waals surface area contributed by atoms with Crippen LogP contribution in [0, 0.1) is 5.82 Å². The van der Waals surface area contributed by atoms with E-state index in [4.69, 9.17) is 16.2 Å². The van der Waals surface area contributed by atoms with Crippen molar-refractivity contribution in [1.82, 2.24) is 24.8 Å². The molecule has 0 amide bonds. The van der Waals surface area contributed by atoms with Crippen LogP contribution in [0.4, 0.5) is 15.9 Å². The van der Waals surface area contributed by atoms with Gasteiger partial charge in [0.2, 0.25) is 0 Å². The monoisotopic (exact) mass is 477 g/mol. The van der Waals surface area contributed by atoms with Crippen molar-refractivity contribution in [2.45, 2.75) is 33.4 Å². The number of nitrogens with zero attached hydrogens (tertiary/aromatic N) is 4. The first-order chi connectivity index (χ1) is 16.9. The fraction of sp³-hybridized carbons (Fsp3) is 0.269. The smallest absolute Gasteiger partial charge is 0.258 e. The highest BCUT2D eigenvalue weighted by molar-refractivity contribution is 5.70. The van der Waals surface area contributed by atoms with Crippen LogP contribution in [-0.2, 0) is 6.54 Å². The summed E-state index contributed by atoms with van der Waals surface area (Å²) < 4.78 is 22.2. The third-order valence-corrected chi connectivity index (χ3v) is 5.21. The first kappa shape index (κ1) is 25.6. The number of rotatable bonds is 0. The minimum absolute atomic E-state index is 0.160. The van der Waals surface area contributed by atoms with Crippen LogP contribution < -0.4 is 21.5 Å². The minimum Gasteiger partial charge on any atom is -0.467 e. The summed E-state index contributed by atoms with van der Waals surface area (Å²) in [4.78, 5) is 13.4. The Morgan fingerprint density at radius 3 is 2.54 bits per heavy atom. The maximum absolute atomic E-state index is 14.1. The van der Waals surface area contributed by atoms with Gasteiger partial charge < -0.3 is 26.1 Å². The van der Waals surface area contributed by atoms with Crippen molar-refractivity contribution >= 4 is 11.5 Å². The molecule has 0 saturated carbocycles. The van der Waals surface area contributed by atoms with E-state index < -0.39 is 6.10 Å². The van der Waals surface area contributed by atoms with Crippen LogP contribution in [0.5, 0.6) is 5.88 Å². The van der Waals surface area contributed by atoms with Gasteiger partial charge in [-0.15, -0.1) is 0 Å². The zero-order chi connectivity index (χ0) is 25.5. The van der Waals surface area contributed by atoms with E-state index in [0.717, 1.165) is 16.7 Å². The van der Waals surface area contributed by atoms with Crippen LogP contribution in [0.15, 0.2) is 55.0 Å². The molecular formula is C26H32FN7O. The largest absolute Gasteiger partial charge is 0.467 e. The van der Waals surface area contributed by atoms with Crippen LogP contribution >= 0.6 is 0 Å². The van der Waals surface area contributed by atoms with Gasteiger partial charge in [0, 0.05) is 41.3 Å². The Labute approximate surface area is 205 Å². The van der Waals surface area contributed by atoms with Crippen LogP contribution in [0.3, 0.4) is 0 Å². The van der Waals surface area contributed by atoms with Gasteiger partial charge in [0.05, 0.1) is 11.9 Å². The van der Waals surface area contributed by atoms with Gasteiger partial charge >= 0.3 is 0 Å². The summed E-state index contributed by atoms with van der Waals surface area (Å²) >= 11 is 0. The molecule has 0 radical (unpaired) electrons. The van der Waals surface area contributed by atoms with Crippen molar-refractivity contribution in [3.8, 4) is 28.5 Å². The van der Waals surface area contributed by atoms with E-state index in [1.54, 1.807) is 18.5 Å². The van der Waals surface area contributed by atoms with E-state index in [1.165, 1.54) is 12.1 Å². The SMILES string of the molecule is CC.CC1Oc2nc(cnc2N)-c2cc(N)ccc2Cn2ccnc2-c2ccc(F)cc21.CNC. The highest BCUT2D eigenvalue weighted by Crippen LogP contribution is 2.35. The van der Waals surface area contributed by atoms with E-state index in [1.807, 2.05) is 63.8 Å². The fourth-order valence-electron chi connectivity index (χ4n) is 3.74.